The molecule has 0 aromatic heterocycles. The van der Waals surface area contributed by atoms with Crippen LogP contribution in [0.15, 0.2) is 24.3 Å². The average molecular weight is 247 g/mol. The van der Waals surface area contributed by atoms with Gasteiger partial charge in [-0.25, -0.2) is 4.79 Å². The number of rotatable bonds is 3. The number of ether oxygens (including phenoxy) is 1. The molecule has 0 fully saturated rings. The van der Waals surface area contributed by atoms with E-state index in [1.165, 1.54) is 0 Å². The summed E-state index contributed by atoms with van der Waals surface area (Å²) in [5.41, 5.74) is 0.399. The zero-order valence-electron chi connectivity index (χ0n) is 7.87. The first kappa shape index (κ1) is 12.0. The van der Waals surface area contributed by atoms with E-state index >= 15 is 0 Å². The second-order valence-electron chi connectivity index (χ2n) is 2.74. The zero-order chi connectivity index (χ0) is 11.4. The normalized spacial score (nSPS) is 11.9. The predicted molar refractivity (Wildman–Crippen MR) is 57.1 cm³/mol. The van der Waals surface area contributed by atoms with Gasteiger partial charge in [-0.05, 0) is 11.6 Å². The summed E-state index contributed by atoms with van der Waals surface area (Å²) >= 11 is 11.6. The summed E-state index contributed by atoms with van der Waals surface area (Å²) in [5, 5.41) is -0.763. The number of carbonyl (C=O) groups is 2. The Kier molecular flexibility index (Phi) is 4.12. The molecule has 0 radical (unpaired) electrons. The van der Waals surface area contributed by atoms with Crippen molar-refractivity contribution in [3.63, 3.8) is 0 Å². The van der Waals surface area contributed by atoms with Gasteiger partial charge in [0.1, 0.15) is 5.38 Å². The second kappa shape index (κ2) is 5.14. The molecule has 5 heteroatoms. The fourth-order valence-electron chi connectivity index (χ4n) is 1.03. The van der Waals surface area contributed by atoms with E-state index in [1.807, 2.05) is 0 Å². The van der Waals surface area contributed by atoms with Crippen LogP contribution in [0, 0.1) is 0 Å². The third kappa shape index (κ3) is 2.70. The highest BCUT2D eigenvalue weighted by Crippen LogP contribution is 2.28. The lowest BCUT2D eigenvalue weighted by Gasteiger charge is -2.08. The van der Waals surface area contributed by atoms with Crippen LogP contribution in [-0.2, 0) is 14.3 Å². The number of esters is 1. The van der Waals surface area contributed by atoms with Crippen LogP contribution in [0.3, 0.4) is 0 Å². The Labute approximate surface area is 96.9 Å². The van der Waals surface area contributed by atoms with E-state index in [0.717, 1.165) is 7.11 Å². The third-order valence-corrected chi connectivity index (χ3v) is 2.57. The van der Waals surface area contributed by atoms with Crippen LogP contribution in [0.4, 0.5) is 0 Å². The number of ketones is 1. The van der Waals surface area contributed by atoms with E-state index in [1.54, 1.807) is 24.3 Å². The molecular weight excluding hydrogens is 239 g/mol. The maximum Gasteiger partial charge on any atom is 0.376 e. The van der Waals surface area contributed by atoms with E-state index in [4.69, 9.17) is 23.2 Å². The Morgan fingerprint density at radius 1 is 1.33 bits per heavy atom. The molecule has 1 aromatic rings. The van der Waals surface area contributed by atoms with E-state index in [2.05, 4.69) is 4.74 Å². The van der Waals surface area contributed by atoms with Gasteiger partial charge in [-0.2, -0.15) is 0 Å². The molecule has 0 saturated carbocycles. The number of hydrogen-bond acceptors (Lipinski definition) is 3. The van der Waals surface area contributed by atoms with Gasteiger partial charge in [0.25, 0.3) is 5.78 Å². The number of carbonyl (C=O) groups excluding carboxylic acids is 2. The van der Waals surface area contributed by atoms with Crippen LogP contribution < -0.4 is 0 Å². The molecule has 1 rings (SSSR count). The molecular formula is C10H8Cl2O3. The lowest BCUT2D eigenvalue weighted by molar-refractivity contribution is -0.151. The molecule has 0 bridgehead atoms. The summed E-state index contributed by atoms with van der Waals surface area (Å²) in [7, 11) is 1.12. The average Bonchev–Trinajstić information content (AvgIpc) is 2.26. The van der Waals surface area contributed by atoms with Crippen LogP contribution in [0.25, 0.3) is 0 Å². The first-order valence-electron chi connectivity index (χ1n) is 4.08. The van der Waals surface area contributed by atoms with Crippen molar-refractivity contribution in [1.82, 2.24) is 0 Å². The molecule has 0 N–H and O–H groups in total. The van der Waals surface area contributed by atoms with Gasteiger partial charge in [0.2, 0.25) is 0 Å². The van der Waals surface area contributed by atoms with Crippen LogP contribution in [0.1, 0.15) is 10.9 Å². The summed E-state index contributed by atoms with van der Waals surface area (Å²) in [4.78, 5) is 22.3. The van der Waals surface area contributed by atoms with Gasteiger partial charge in [0.05, 0.1) is 7.11 Å². The van der Waals surface area contributed by atoms with Crippen molar-refractivity contribution in [2.24, 2.45) is 0 Å². The minimum Gasteiger partial charge on any atom is -0.463 e. The van der Waals surface area contributed by atoms with E-state index in [-0.39, 0.29) is 0 Å². The van der Waals surface area contributed by atoms with Gasteiger partial charge in [-0.3, -0.25) is 4.79 Å². The van der Waals surface area contributed by atoms with Crippen molar-refractivity contribution >= 4 is 35.0 Å². The topological polar surface area (TPSA) is 43.4 Å². The van der Waals surface area contributed by atoms with Crippen molar-refractivity contribution in [1.29, 1.82) is 0 Å². The number of Topliss-reactive ketones (excluding diaryl/α,β-unsaturated/α-hetero) is 1. The second-order valence-corrected chi connectivity index (χ2v) is 3.58. The molecule has 3 nitrogen and oxygen atoms in total. The Morgan fingerprint density at radius 2 is 1.93 bits per heavy atom. The summed E-state index contributed by atoms with van der Waals surface area (Å²) in [6, 6.07) is 6.57. The van der Waals surface area contributed by atoms with Crippen LogP contribution >= 0.6 is 23.2 Å². The van der Waals surface area contributed by atoms with Gasteiger partial charge in [-0.1, -0.05) is 29.8 Å². The monoisotopic (exact) mass is 246 g/mol. The van der Waals surface area contributed by atoms with E-state index < -0.39 is 17.1 Å². The Morgan fingerprint density at radius 3 is 2.47 bits per heavy atom. The smallest absolute Gasteiger partial charge is 0.376 e. The Bertz CT molecular complexity index is 390. The molecule has 0 aliphatic rings. The minimum atomic E-state index is -1.11. The number of halogens is 2. The quantitative estimate of drug-likeness (QED) is 0.467. The van der Waals surface area contributed by atoms with Gasteiger partial charge >= 0.3 is 5.97 Å². The summed E-state index contributed by atoms with van der Waals surface area (Å²) < 4.78 is 4.28. The molecule has 0 spiro atoms. The summed E-state index contributed by atoms with van der Waals surface area (Å²) in [6.45, 7) is 0. The van der Waals surface area contributed by atoms with Crippen LogP contribution in [0.2, 0.25) is 5.02 Å². The van der Waals surface area contributed by atoms with Gasteiger partial charge in [-0.15, -0.1) is 11.6 Å². The predicted octanol–water partition coefficient (Wildman–Crippen LogP) is 2.36. The van der Waals surface area contributed by atoms with Crippen molar-refractivity contribution in [3.8, 4) is 0 Å². The third-order valence-electron chi connectivity index (χ3n) is 1.80. The first-order chi connectivity index (χ1) is 7.07. The highest BCUT2D eigenvalue weighted by molar-refractivity contribution is 6.48. The van der Waals surface area contributed by atoms with E-state index in [9.17, 15) is 9.59 Å². The van der Waals surface area contributed by atoms with Crippen LogP contribution in [-0.4, -0.2) is 18.9 Å². The SMILES string of the molecule is COC(=O)C(=O)C(Cl)c1ccccc1Cl. The number of hydrogen-bond donors (Lipinski definition) is 0. The zero-order valence-corrected chi connectivity index (χ0v) is 9.38. The summed E-state index contributed by atoms with van der Waals surface area (Å²) in [6.07, 6.45) is 0. The maximum atomic E-state index is 11.4. The Hall–Kier alpha value is -1.06. The maximum absolute atomic E-state index is 11.4. The van der Waals surface area contributed by atoms with E-state index in [0.29, 0.717) is 10.6 Å². The molecule has 0 amide bonds. The van der Waals surface area contributed by atoms with Crippen molar-refractivity contribution in [2.45, 2.75) is 5.38 Å². The molecule has 0 aliphatic heterocycles. The highest BCUT2D eigenvalue weighted by atomic mass is 35.5. The molecule has 80 valence electrons. The molecule has 0 saturated heterocycles. The van der Waals surface area contributed by atoms with Gasteiger partial charge in [0, 0.05) is 5.02 Å². The minimum absolute atomic E-state index is 0.342. The molecule has 0 heterocycles. The number of benzene rings is 1. The molecule has 1 atom stereocenters. The standard InChI is InChI=1S/C10H8Cl2O3/c1-15-10(14)9(13)8(12)6-4-2-3-5-7(6)11/h2-5,8H,1H3. The van der Waals surface area contributed by atoms with Gasteiger partial charge in [0.15, 0.2) is 0 Å². The van der Waals surface area contributed by atoms with Crippen molar-refractivity contribution in [2.75, 3.05) is 7.11 Å². The van der Waals surface area contributed by atoms with Crippen LogP contribution in [0.5, 0.6) is 0 Å². The highest BCUT2D eigenvalue weighted by Gasteiger charge is 2.26. The van der Waals surface area contributed by atoms with Crippen molar-refractivity contribution < 1.29 is 14.3 Å². The lowest BCUT2D eigenvalue weighted by Crippen LogP contribution is -2.20. The van der Waals surface area contributed by atoms with Gasteiger partial charge < -0.3 is 4.74 Å². The molecule has 1 unspecified atom stereocenters. The fraction of sp³-hybridized carbons (Fsp3) is 0.200. The lowest BCUT2D eigenvalue weighted by atomic mass is 10.1. The summed E-state index contributed by atoms with van der Waals surface area (Å²) in [5.74, 6) is -1.80. The largest absolute Gasteiger partial charge is 0.463 e. The first-order valence-corrected chi connectivity index (χ1v) is 4.90. The number of alkyl halides is 1. The van der Waals surface area contributed by atoms with Crippen molar-refractivity contribution in [3.05, 3.63) is 34.9 Å². The Balaban J connectivity index is 2.95. The molecule has 1 aromatic carbocycles. The molecule has 15 heavy (non-hydrogen) atoms. The molecule has 0 aliphatic carbocycles. The number of methoxy groups -OCH3 is 1. The fourth-order valence-corrected chi connectivity index (χ4v) is 1.61.